The molecule has 15 nitrogen and oxygen atoms in total. The van der Waals surface area contributed by atoms with Crippen molar-refractivity contribution in [2.75, 3.05) is 0 Å². The zero-order valence-corrected chi connectivity index (χ0v) is 36.1. The van der Waals surface area contributed by atoms with Gasteiger partial charge in [-0.15, -0.1) is 0 Å². The van der Waals surface area contributed by atoms with Gasteiger partial charge in [0.25, 0.3) is 11.8 Å². The van der Waals surface area contributed by atoms with Gasteiger partial charge in [-0.05, 0) is 89.3 Å². The van der Waals surface area contributed by atoms with Gasteiger partial charge in [-0.1, -0.05) is 57.8 Å². The molecule has 0 atom stereocenters. The molecule has 0 fully saturated rings. The molecule has 2 aromatic carbocycles. The van der Waals surface area contributed by atoms with E-state index in [4.69, 9.17) is 46.5 Å². The van der Waals surface area contributed by atoms with Crippen molar-refractivity contribution in [3.05, 3.63) is 94.5 Å². The molecule has 1 N–H and O–H groups in total. The topological polar surface area (TPSA) is 186 Å². The molecule has 8 rings (SSSR count). The van der Waals surface area contributed by atoms with Crippen LogP contribution in [0.1, 0.15) is 65.0 Å². The van der Waals surface area contributed by atoms with Crippen molar-refractivity contribution < 1.29 is 32.8 Å². The Bertz CT molecular complexity index is 2910. The van der Waals surface area contributed by atoms with Gasteiger partial charge in [-0.2, -0.15) is 9.97 Å². The van der Waals surface area contributed by atoms with Gasteiger partial charge in [-0.25, -0.2) is 9.97 Å². The fourth-order valence-corrected chi connectivity index (χ4v) is 7.60. The normalized spacial score (nSPS) is 11.6. The van der Waals surface area contributed by atoms with Crippen molar-refractivity contribution in [1.29, 1.82) is 0 Å². The first-order chi connectivity index (χ1) is 29.9. The number of nitrogens with zero attached hydrogens (tertiary/aromatic N) is 7. The van der Waals surface area contributed by atoms with Crippen molar-refractivity contribution in [2.24, 2.45) is 0 Å². The third-order valence-electron chi connectivity index (χ3n) is 9.95. The van der Waals surface area contributed by atoms with Gasteiger partial charge >= 0.3 is 11.9 Å². The zero-order valence-electron chi connectivity index (χ0n) is 34.6. The summed E-state index contributed by atoms with van der Waals surface area (Å²) in [7, 11) is 0. The minimum Gasteiger partial charge on any atom is -0.474 e. The van der Waals surface area contributed by atoms with E-state index in [1.54, 1.807) is 24.5 Å². The summed E-state index contributed by atoms with van der Waals surface area (Å²) in [4.78, 5) is 46.9. The molecule has 62 heavy (non-hydrogen) atoms. The molecule has 0 bridgehead atoms. The maximum atomic E-state index is 12.9. The van der Waals surface area contributed by atoms with E-state index in [1.807, 2.05) is 83.4 Å². The molecule has 17 heteroatoms. The van der Waals surface area contributed by atoms with Crippen LogP contribution in [0.4, 0.5) is 0 Å². The predicted octanol–water partition coefficient (Wildman–Crippen LogP) is 10.3. The number of carbonyl (C=O) groups is 2. The molecule has 0 saturated heterocycles. The van der Waals surface area contributed by atoms with Crippen LogP contribution in [-0.4, -0.2) is 63.9 Å². The average molecular weight is 878 g/mol. The molecular weight excluding hydrogens is 835 g/mol. The number of aryl methyl sites for hydroxylation is 3. The molecule has 0 radical (unpaired) electrons. The Morgan fingerprint density at radius 3 is 1.90 bits per heavy atom. The lowest BCUT2D eigenvalue weighted by Crippen LogP contribution is -2.13. The third-order valence-corrected chi connectivity index (χ3v) is 10.5. The summed E-state index contributed by atoms with van der Waals surface area (Å²) in [6.07, 6.45) is 8.31. The smallest absolute Gasteiger partial charge is 0.313 e. The molecule has 0 saturated carbocycles. The summed E-state index contributed by atoms with van der Waals surface area (Å²) < 4.78 is 29.8. The third kappa shape index (κ3) is 9.04. The summed E-state index contributed by atoms with van der Waals surface area (Å²) in [5.41, 5.74) is 6.37. The number of hydrogen-bond donors (Lipinski definition) is 1. The lowest BCUT2D eigenvalue weighted by Gasteiger charge is -2.10. The molecule has 6 heterocycles. The number of H-pyrrole nitrogens is 1. The van der Waals surface area contributed by atoms with Crippen LogP contribution in [0.3, 0.4) is 0 Å². The van der Waals surface area contributed by atoms with Crippen LogP contribution in [0.25, 0.3) is 67.5 Å². The highest BCUT2D eigenvalue weighted by Crippen LogP contribution is 2.35. The molecule has 8 aromatic rings. The number of hydrogen-bond acceptors (Lipinski definition) is 13. The predicted molar refractivity (Wildman–Crippen MR) is 233 cm³/mol. The highest BCUT2D eigenvalue weighted by atomic mass is 35.5. The second-order valence-corrected chi connectivity index (χ2v) is 15.9. The molecule has 0 aliphatic carbocycles. The number of halogens is 2. The largest absolute Gasteiger partial charge is 0.474 e. The molecule has 0 spiro atoms. The lowest BCUT2D eigenvalue weighted by molar-refractivity contribution is -0.159. The maximum absolute atomic E-state index is 12.9. The van der Waals surface area contributed by atoms with Gasteiger partial charge in [0.2, 0.25) is 23.4 Å². The number of aromatic amines is 1. The number of fused-ring (bicyclic) bond motifs is 2. The lowest BCUT2D eigenvalue weighted by atomic mass is 10.0. The maximum Gasteiger partial charge on any atom is 0.313 e. The number of nitrogens with one attached hydrogen (secondary N) is 1. The van der Waals surface area contributed by atoms with Crippen molar-refractivity contribution >= 4 is 56.9 Å². The Hall–Kier alpha value is -6.58. The average Bonchev–Trinajstić information content (AvgIpc) is 4.09. The zero-order chi connectivity index (χ0) is 43.5. The van der Waals surface area contributed by atoms with Crippen molar-refractivity contribution in [3.8, 4) is 57.4 Å². The van der Waals surface area contributed by atoms with Crippen molar-refractivity contribution in [1.82, 2.24) is 39.8 Å². The minimum atomic E-state index is -0.588. The minimum absolute atomic E-state index is 0.0233. The summed E-state index contributed by atoms with van der Waals surface area (Å²) in [5, 5.41) is 10.9. The van der Waals surface area contributed by atoms with E-state index in [9.17, 15) is 9.59 Å². The van der Waals surface area contributed by atoms with E-state index in [0.717, 1.165) is 44.1 Å². The number of rotatable bonds is 16. The Morgan fingerprint density at radius 2 is 1.32 bits per heavy atom. The van der Waals surface area contributed by atoms with Gasteiger partial charge < -0.3 is 32.8 Å². The van der Waals surface area contributed by atoms with Gasteiger partial charge in [0, 0.05) is 65.2 Å². The molecular formula is C45H42Cl2N8O7. The molecule has 0 aliphatic rings. The van der Waals surface area contributed by atoms with Gasteiger partial charge in [0.15, 0.2) is 0 Å². The second kappa shape index (κ2) is 18.2. The van der Waals surface area contributed by atoms with E-state index in [0.29, 0.717) is 70.4 Å². The van der Waals surface area contributed by atoms with Crippen molar-refractivity contribution in [3.63, 3.8) is 0 Å². The first-order valence-corrected chi connectivity index (χ1v) is 21.0. The fraction of sp³-hybridized carbons (Fsp3) is 0.289. The van der Waals surface area contributed by atoms with Gasteiger partial charge in [0.1, 0.15) is 10.0 Å². The number of esters is 2. The summed E-state index contributed by atoms with van der Waals surface area (Å²) in [5.74, 6) is 0.816. The molecule has 0 aliphatic heterocycles. The molecule has 0 amide bonds. The number of benzene rings is 2. The van der Waals surface area contributed by atoms with E-state index in [1.165, 1.54) is 0 Å². The Labute approximate surface area is 365 Å². The number of carbonyl (C=O) groups excluding carboxylic acids is 2. The van der Waals surface area contributed by atoms with E-state index < -0.39 is 11.9 Å². The van der Waals surface area contributed by atoms with Crippen molar-refractivity contribution in [2.45, 2.75) is 85.5 Å². The number of aromatic nitrogens is 8. The monoisotopic (exact) mass is 876 g/mol. The van der Waals surface area contributed by atoms with Gasteiger partial charge in [-0.3, -0.25) is 9.59 Å². The van der Waals surface area contributed by atoms with Crippen LogP contribution in [-0.2, 0) is 33.7 Å². The Kier molecular flexibility index (Phi) is 12.4. The van der Waals surface area contributed by atoms with E-state index >= 15 is 0 Å². The first kappa shape index (κ1) is 42.1. The first-order valence-electron chi connectivity index (χ1n) is 20.2. The summed E-state index contributed by atoms with van der Waals surface area (Å²) in [6, 6.07) is 15.0. The fourth-order valence-electron chi connectivity index (χ4n) is 7.17. The van der Waals surface area contributed by atoms with Crippen LogP contribution < -0.4 is 9.47 Å². The summed E-state index contributed by atoms with van der Waals surface area (Å²) >= 11 is 12.8. The van der Waals surface area contributed by atoms with Crippen LogP contribution in [0.2, 0.25) is 10.0 Å². The van der Waals surface area contributed by atoms with Crippen LogP contribution in [0.15, 0.2) is 82.4 Å². The quantitative estimate of drug-likeness (QED) is 0.0714. The number of ether oxygens (including phenoxy) is 3. The second-order valence-electron chi connectivity index (χ2n) is 15.1. The highest BCUT2D eigenvalue weighted by Gasteiger charge is 2.21. The summed E-state index contributed by atoms with van der Waals surface area (Å²) in [6.45, 7) is 10.3. The van der Waals surface area contributed by atoms with Crippen LogP contribution in [0.5, 0.6) is 11.8 Å². The molecule has 6 aromatic heterocycles. The Balaban J connectivity index is 0.871. The standard InChI is InChI=1S/C45H42Cl2N8O7/c1-6-55-19-17-31-33(41-52-43(62-54-41)29-21-35(47)45(50-23-29)59-25(4)5)14-11-27(39(31)55)12-15-37(57)60-36(56)9-7-8-26-10-13-32(30-16-18-48-38(26)30)40-51-42(61-53-40)28-20-34(46)44(49-22-28)58-24(2)3/h10-11,13-14,16-25,48H,6-9,12,15H2,1-5H3. The molecule has 318 valence electrons. The number of pyridine rings is 2. The highest BCUT2D eigenvalue weighted by molar-refractivity contribution is 6.32. The molecule has 0 unspecified atom stereocenters. The Morgan fingerprint density at radius 1 is 0.742 bits per heavy atom. The van der Waals surface area contributed by atoms with Crippen LogP contribution >= 0.6 is 23.2 Å². The SMILES string of the molecule is CCn1ccc2c(-c3noc(-c4cnc(OC(C)C)c(Cl)c4)n3)ccc(CCC(=O)OC(=O)CCCc3ccc(-c4noc(-c5cnc(OC(C)C)c(Cl)c5)n4)c4cc[nH]c34)c21. The van der Waals surface area contributed by atoms with E-state index in [2.05, 4.69) is 39.8 Å². The van der Waals surface area contributed by atoms with Crippen LogP contribution in [0, 0.1) is 0 Å². The van der Waals surface area contributed by atoms with Gasteiger partial charge in [0.05, 0.1) is 35.3 Å². The van der Waals surface area contributed by atoms with E-state index in [-0.39, 0.29) is 36.8 Å².